The Morgan fingerprint density at radius 3 is 2.18 bits per heavy atom. The molecule has 4 atom stereocenters. The number of hydrogen-bond donors (Lipinski definition) is 1. The first-order valence-electron chi connectivity index (χ1n) is 6.16. The minimum Gasteiger partial charge on any atom is -0.481 e. The number of rotatable bonds is 3. The van der Waals surface area contributed by atoms with Gasteiger partial charge in [0.1, 0.15) is 0 Å². The number of carboxylic acids is 1. The number of imide groups is 1. The maximum Gasteiger partial charge on any atom is 0.305 e. The SMILES string of the molecule is O=C(O)CCN1C(=O)C2C(C1=O)[C@H]1CC[C@@H]2C1. The lowest BCUT2D eigenvalue weighted by Gasteiger charge is -2.19. The van der Waals surface area contributed by atoms with Gasteiger partial charge in [0, 0.05) is 6.54 Å². The van der Waals surface area contributed by atoms with Crippen LogP contribution in [-0.4, -0.2) is 34.3 Å². The van der Waals surface area contributed by atoms with Crippen LogP contribution in [0.1, 0.15) is 25.7 Å². The summed E-state index contributed by atoms with van der Waals surface area (Å²) in [5, 5.41) is 8.62. The minimum atomic E-state index is -0.967. The molecule has 17 heavy (non-hydrogen) atoms. The number of fused-ring (bicyclic) bond motifs is 5. The van der Waals surface area contributed by atoms with Crippen LogP contribution in [0.2, 0.25) is 0 Å². The monoisotopic (exact) mass is 237 g/mol. The van der Waals surface area contributed by atoms with Crippen LogP contribution in [0.4, 0.5) is 0 Å². The van der Waals surface area contributed by atoms with E-state index in [4.69, 9.17) is 5.11 Å². The molecule has 1 aliphatic heterocycles. The molecule has 0 aromatic carbocycles. The Bertz CT molecular complexity index is 377. The zero-order valence-corrected chi connectivity index (χ0v) is 9.46. The Labute approximate surface area is 98.8 Å². The summed E-state index contributed by atoms with van der Waals surface area (Å²) in [7, 11) is 0. The normalized spacial score (nSPS) is 38.9. The number of carbonyl (C=O) groups excluding carboxylic acids is 2. The van der Waals surface area contributed by atoms with E-state index in [1.807, 2.05) is 0 Å². The lowest BCUT2D eigenvalue weighted by atomic mass is 9.81. The van der Waals surface area contributed by atoms with Crippen molar-refractivity contribution in [3.63, 3.8) is 0 Å². The van der Waals surface area contributed by atoms with Gasteiger partial charge in [-0.25, -0.2) is 0 Å². The molecule has 2 saturated carbocycles. The summed E-state index contributed by atoms with van der Waals surface area (Å²) in [6, 6.07) is 0. The smallest absolute Gasteiger partial charge is 0.305 e. The fraction of sp³-hybridized carbons (Fsp3) is 0.750. The van der Waals surface area contributed by atoms with Crippen LogP contribution >= 0.6 is 0 Å². The largest absolute Gasteiger partial charge is 0.481 e. The topological polar surface area (TPSA) is 74.7 Å². The first-order chi connectivity index (χ1) is 8.09. The minimum absolute atomic E-state index is 0.0411. The van der Waals surface area contributed by atoms with Gasteiger partial charge in [-0.05, 0) is 31.1 Å². The Morgan fingerprint density at radius 1 is 1.18 bits per heavy atom. The molecule has 0 aromatic heterocycles. The molecule has 2 aliphatic carbocycles. The van der Waals surface area contributed by atoms with Crippen molar-refractivity contribution in [3.8, 4) is 0 Å². The van der Waals surface area contributed by atoms with Gasteiger partial charge in [0.25, 0.3) is 0 Å². The zero-order chi connectivity index (χ0) is 12.2. The number of nitrogens with zero attached hydrogens (tertiary/aromatic N) is 1. The molecule has 3 aliphatic rings. The Morgan fingerprint density at radius 2 is 1.71 bits per heavy atom. The highest BCUT2D eigenvalue weighted by Gasteiger charge is 2.60. The molecular formula is C12H15NO4. The van der Waals surface area contributed by atoms with Gasteiger partial charge in [-0.15, -0.1) is 0 Å². The second-order valence-corrected chi connectivity index (χ2v) is 5.36. The number of likely N-dealkylation sites (tertiary alicyclic amines) is 1. The Balaban J connectivity index is 1.78. The summed E-state index contributed by atoms with van der Waals surface area (Å²) in [6.45, 7) is 0.0411. The van der Waals surface area contributed by atoms with E-state index in [1.54, 1.807) is 0 Å². The number of amides is 2. The van der Waals surface area contributed by atoms with E-state index in [0.29, 0.717) is 11.8 Å². The van der Waals surface area contributed by atoms with E-state index in [-0.39, 0.29) is 36.6 Å². The highest BCUT2D eigenvalue weighted by Crippen LogP contribution is 2.56. The highest BCUT2D eigenvalue weighted by molar-refractivity contribution is 6.06. The van der Waals surface area contributed by atoms with E-state index in [0.717, 1.165) is 19.3 Å². The number of carbonyl (C=O) groups is 3. The van der Waals surface area contributed by atoms with Crippen LogP contribution in [0.15, 0.2) is 0 Å². The van der Waals surface area contributed by atoms with Gasteiger partial charge in [0.2, 0.25) is 11.8 Å². The summed E-state index contributed by atoms with van der Waals surface area (Å²) in [5.74, 6) is -0.717. The third-order valence-corrected chi connectivity index (χ3v) is 4.57. The molecule has 1 N–H and O–H groups in total. The average Bonchev–Trinajstić information content (AvgIpc) is 2.92. The summed E-state index contributed by atoms with van der Waals surface area (Å²) in [5.41, 5.74) is 0. The van der Waals surface area contributed by atoms with Crippen molar-refractivity contribution in [1.29, 1.82) is 0 Å². The summed E-state index contributed by atoms with van der Waals surface area (Å²) >= 11 is 0. The van der Waals surface area contributed by atoms with Crippen molar-refractivity contribution in [2.45, 2.75) is 25.7 Å². The van der Waals surface area contributed by atoms with Gasteiger partial charge in [-0.1, -0.05) is 0 Å². The van der Waals surface area contributed by atoms with Crippen LogP contribution in [-0.2, 0) is 14.4 Å². The molecule has 5 heteroatoms. The van der Waals surface area contributed by atoms with Crippen molar-refractivity contribution in [1.82, 2.24) is 4.90 Å². The maximum atomic E-state index is 12.1. The van der Waals surface area contributed by atoms with E-state index in [1.165, 1.54) is 4.90 Å². The Kier molecular flexibility index (Phi) is 2.24. The van der Waals surface area contributed by atoms with Crippen LogP contribution < -0.4 is 0 Å². The molecule has 92 valence electrons. The average molecular weight is 237 g/mol. The molecule has 2 unspecified atom stereocenters. The molecule has 1 heterocycles. The van der Waals surface area contributed by atoms with E-state index in [2.05, 4.69) is 0 Å². The van der Waals surface area contributed by atoms with Gasteiger partial charge in [-0.3, -0.25) is 19.3 Å². The van der Waals surface area contributed by atoms with Gasteiger partial charge < -0.3 is 5.11 Å². The van der Waals surface area contributed by atoms with E-state index < -0.39 is 5.97 Å². The predicted molar refractivity (Wildman–Crippen MR) is 56.8 cm³/mol. The second-order valence-electron chi connectivity index (χ2n) is 5.36. The first-order valence-corrected chi connectivity index (χ1v) is 6.16. The molecule has 0 spiro atoms. The number of hydrogen-bond acceptors (Lipinski definition) is 3. The molecule has 3 rings (SSSR count). The highest BCUT2D eigenvalue weighted by atomic mass is 16.4. The quantitative estimate of drug-likeness (QED) is 0.725. The lowest BCUT2D eigenvalue weighted by molar-refractivity contribution is -0.142. The molecule has 1 saturated heterocycles. The summed E-state index contributed by atoms with van der Waals surface area (Å²) < 4.78 is 0. The maximum absolute atomic E-state index is 12.1. The van der Waals surface area contributed by atoms with Gasteiger partial charge in [0.05, 0.1) is 18.3 Å². The molecule has 2 amide bonds. The first kappa shape index (κ1) is 10.7. The van der Waals surface area contributed by atoms with E-state index in [9.17, 15) is 14.4 Å². The van der Waals surface area contributed by atoms with Crippen molar-refractivity contribution < 1.29 is 19.5 Å². The van der Waals surface area contributed by atoms with Crippen molar-refractivity contribution >= 4 is 17.8 Å². The van der Waals surface area contributed by atoms with Crippen molar-refractivity contribution in [3.05, 3.63) is 0 Å². The van der Waals surface area contributed by atoms with E-state index >= 15 is 0 Å². The van der Waals surface area contributed by atoms with Crippen LogP contribution in [0.5, 0.6) is 0 Å². The predicted octanol–water partition coefficient (Wildman–Crippen LogP) is 0.492. The molecule has 0 aromatic rings. The molecule has 5 nitrogen and oxygen atoms in total. The standard InChI is InChI=1S/C12H15NO4/c14-8(15)3-4-13-11(16)9-6-1-2-7(5-6)10(9)12(13)17/h6-7,9-10H,1-5H2,(H,14,15)/t6-,7+,9?,10?. The fourth-order valence-corrected chi connectivity index (χ4v) is 3.90. The third-order valence-electron chi connectivity index (χ3n) is 4.57. The summed E-state index contributed by atoms with van der Waals surface area (Å²) in [6.07, 6.45) is 2.97. The van der Waals surface area contributed by atoms with Gasteiger partial charge in [0.15, 0.2) is 0 Å². The van der Waals surface area contributed by atoms with Crippen LogP contribution in [0.25, 0.3) is 0 Å². The Hall–Kier alpha value is -1.39. The summed E-state index contributed by atoms with van der Waals surface area (Å²) in [4.78, 5) is 35.9. The van der Waals surface area contributed by atoms with Crippen molar-refractivity contribution in [2.75, 3.05) is 6.54 Å². The number of carboxylic acid groups (broad SMARTS) is 1. The van der Waals surface area contributed by atoms with Gasteiger partial charge in [-0.2, -0.15) is 0 Å². The van der Waals surface area contributed by atoms with Crippen LogP contribution in [0, 0.1) is 23.7 Å². The molecular weight excluding hydrogens is 222 g/mol. The molecule has 0 radical (unpaired) electrons. The zero-order valence-electron chi connectivity index (χ0n) is 9.46. The van der Waals surface area contributed by atoms with Gasteiger partial charge >= 0.3 is 5.97 Å². The number of aliphatic carboxylic acids is 1. The van der Waals surface area contributed by atoms with Crippen molar-refractivity contribution in [2.24, 2.45) is 23.7 Å². The third kappa shape index (κ3) is 1.41. The molecule has 2 bridgehead atoms. The molecule has 3 fully saturated rings. The van der Waals surface area contributed by atoms with Crippen LogP contribution in [0.3, 0.4) is 0 Å². The lowest BCUT2D eigenvalue weighted by Crippen LogP contribution is -2.34. The second kappa shape index (κ2) is 3.55. The fourth-order valence-electron chi connectivity index (χ4n) is 3.90.